The van der Waals surface area contributed by atoms with Gasteiger partial charge in [-0.1, -0.05) is 152 Å². The van der Waals surface area contributed by atoms with E-state index in [1.54, 1.807) is 0 Å². The van der Waals surface area contributed by atoms with Crippen molar-refractivity contribution in [3.05, 3.63) is 95.1 Å². The predicted molar refractivity (Wildman–Crippen MR) is 217 cm³/mol. The van der Waals surface area contributed by atoms with Crippen LogP contribution in [0.4, 0.5) is 0 Å². The van der Waals surface area contributed by atoms with E-state index in [9.17, 15) is 14.7 Å². The third-order valence-electron chi connectivity index (χ3n) is 10.7. The molecule has 1 saturated heterocycles. The number of unbranched alkanes of at least 4 members (excludes halogenated alkanes) is 10. The van der Waals surface area contributed by atoms with Crippen molar-refractivity contribution in [3.8, 4) is 11.1 Å². The summed E-state index contributed by atoms with van der Waals surface area (Å²) in [6.07, 6.45) is 14.5. The van der Waals surface area contributed by atoms with Gasteiger partial charge in [0.1, 0.15) is 0 Å². The molecule has 0 radical (unpaired) electrons. The molecule has 0 saturated carbocycles. The van der Waals surface area contributed by atoms with Crippen LogP contribution >= 0.6 is 0 Å². The molecule has 296 valence electrons. The quantitative estimate of drug-likeness (QED) is 0.0742. The van der Waals surface area contributed by atoms with Crippen molar-refractivity contribution in [2.24, 2.45) is 5.92 Å². The molecular formula is C46H66N2O6. The summed E-state index contributed by atoms with van der Waals surface area (Å²) in [6.45, 7) is 10.2. The summed E-state index contributed by atoms with van der Waals surface area (Å²) >= 11 is 0. The number of carbonyl (C=O) groups excluding carboxylic acids is 1. The largest absolute Gasteiger partial charge is 0.481 e. The lowest BCUT2D eigenvalue weighted by molar-refractivity contribution is -0.276. The zero-order valence-electron chi connectivity index (χ0n) is 33.1. The second-order valence-corrected chi connectivity index (χ2v) is 15.2. The van der Waals surface area contributed by atoms with Crippen LogP contribution in [0.25, 0.3) is 11.1 Å². The molecule has 3 N–H and O–H groups in total. The Morgan fingerprint density at radius 3 is 1.93 bits per heavy atom. The molecule has 1 aliphatic rings. The summed E-state index contributed by atoms with van der Waals surface area (Å²) in [5.74, 6) is -1.13. The summed E-state index contributed by atoms with van der Waals surface area (Å²) in [5, 5.41) is 21.4. The van der Waals surface area contributed by atoms with Crippen molar-refractivity contribution in [2.75, 3.05) is 19.6 Å². The van der Waals surface area contributed by atoms with Crippen molar-refractivity contribution < 1.29 is 29.3 Å². The van der Waals surface area contributed by atoms with Crippen LogP contribution in [0.2, 0.25) is 0 Å². The Bertz CT molecular complexity index is 1490. The highest BCUT2D eigenvalue weighted by molar-refractivity contribution is 5.80. The number of hydrogen-bond acceptors (Lipinski definition) is 6. The van der Waals surface area contributed by atoms with E-state index >= 15 is 0 Å². The smallest absolute Gasteiger partial charge is 0.303 e. The predicted octanol–water partition coefficient (Wildman–Crippen LogP) is 10.1. The van der Waals surface area contributed by atoms with E-state index in [0.717, 1.165) is 53.0 Å². The fourth-order valence-electron chi connectivity index (χ4n) is 7.31. The second-order valence-electron chi connectivity index (χ2n) is 15.2. The second kappa shape index (κ2) is 24.1. The molecule has 0 spiro atoms. The van der Waals surface area contributed by atoms with Crippen LogP contribution in [0.1, 0.15) is 145 Å². The van der Waals surface area contributed by atoms with E-state index in [-0.39, 0.29) is 43.5 Å². The Hall–Kier alpha value is -3.56. The summed E-state index contributed by atoms with van der Waals surface area (Å²) in [5.41, 5.74) is 5.96. The Labute approximate surface area is 324 Å². The van der Waals surface area contributed by atoms with Crippen molar-refractivity contribution >= 4 is 11.9 Å². The minimum atomic E-state index is -0.981. The summed E-state index contributed by atoms with van der Waals surface area (Å²) < 4.78 is 13.7. The molecule has 0 bridgehead atoms. The number of benzene rings is 3. The highest BCUT2D eigenvalue weighted by atomic mass is 16.7. The maximum atomic E-state index is 12.1. The average Bonchev–Trinajstić information content (AvgIpc) is 3.19. The maximum Gasteiger partial charge on any atom is 0.303 e. The zero-order valence-corrected chi connectivity index (χ0v) is 33.1. The van der Waals surface area contributed by atoms with Crippen molar-refractivity contribution in [2.45, 2.75) is 142 Å². The van der Waals surface area contributed by atoms with Gasteiger partial charge in [0.15, 0.2) is 6.29 Å². The van der Waals surface area contributed by atoms with Gasteiger partial charge in [0.25, 0.3) is 0 Å². The van der Waals surface area contributed by atoms with Crippen LogP contribution in [0.3, 0.4) is 0 Å². The molecule has 1 heterocycles. The molecular weight excluding hydrogens is 677 g/mol. The lowest BCUT2D eigenvalue weighted by Crippen LogP contribution is -2.45. The number of carbonyl (C=O) groups is 2. The first-order chi connectivity index (χ1) is 26.3. The third kappa shape index (κ3) is 14.6. The first-order valence-corrected chi connectivity index (χ1v) is 20.7. The number of ether oxygens (including phenoxy) is 2. The number of aliphatic hydroxyl groups excluding tert-OH is 1. The van der Waals surface area contributed by atoms with Gasteiger partial charge < -0.3 is 29.9 Å². The highest BCUT2D eigenvalue weighted by Crippen LogP contribution is 2.42. The standard InChI is InChI=1S/C46H66N2O6/c1-4-6-8-10-12-14-29-48(30-15-13-11-9-7-5-2)33-42-35(3)45(39-21-19-36(34-49)20-22-39)54-46(53-42)40-25-23-38(24-26-40)41-18-16-17-37(31-41)32-47-43(50)27-28-44(51)52/h16-26,31,35,42,45-46,49H,4-15,27-30,32-34H2,1-3H3,(H,47,50)(H,51,52). The average molecular weight is 743 g/mol. The first-order valence-electron chi connectivity index (χ1n) is 20.7. The van der Waals surface area contributed by atoms with Crippen LogP contribution in [-0.2, 0) is 32.2 Å². The van der Waals surface area contributed by atoms with Crippen molar-refractivity contribution in [1.29, 1.82) is 0 Å². The molecule has 3 aromatic rings. The fourth-order valence-corrected chi connectivity index (χ4v) is 7.31. The van der Waals surface area contributed by atoms with Gasteiger partial charge in [0.05, 0.1) is 25.2 Å². The fraction of sp³-hybridized carbons (Fsp3) is 0.565. The van der Waals surface area contributed by atoms with Gasteiger partial charge >= 0.3 is 5.97 Å². The molecule has 1 amide bonds. The van der Waals surface area contributed by atoms with Gasteiger partial charge in [-0.3, -0.25) is 9.59 Å². The van der Waals surface area contributed by atoms with E-state index in [0.29, 0.717) is 6.54 Å². The molecule has 4 atom stereocenters. The van der Waals surface area contributed by atoms with Crippen LogP contribution in [-0.4, -0.2) is 52.7 Å². The minimum absolute atomic E-state index is 0.0122. The Morgan fingerprint density at radius 2 is 1.31 bits per heavy atom. The van der Waals surface area contributed by atoms with E-state index < -0.39 is 12.3 Å². The van der Waals surface area contributed by atoms with E-state index in [2.05, 4.69) is 67.4 Å². The molecule has 1 fully saturated rings. The van der Waals surface area contributed by atoms with E-state index in [1.165, 1.54) is 77.0 Å². The summed E-state index contributed by atoms with van der Waals surface area (Å²) in [6, 6.07) is 24.5. The van der Waals surface area contributed by atoms with E-state index in [4.69, 9.17) is 14.6 Å². The van der Waals surface area contributed by atoms with Crippen LogP contribution in [0.15, 0.2) is 72.8 Å². The molecule has 0 aliphatic carbocycles. The molecule has 4 unspecified atom stereocenters. The number of rotatable bonds is 25. The summed E-state index contributed by atoms with van der Waals surface area (Å²) in [4.78, 5) is 25.5. The topological polar surface area (TPSA) is 108 Å². The maximum absolute atomic E-state index is 12.1. The van der Waals surface area contributed by atoms with Gasteiger partial charge in [0, 0.05) is 31.0 Å². The molecule has 4 rings (SSSR count). The number of aliphatic carboxylic acids is 1. The van der Waals surface area contributed by atoms with Crippen molar-refractivity contribution in [1.82, 2.24) is 10.2 Å². The lowest BCUT2D eigenvalue weighted by Gasteiger charge is -2.43. The number of amides is 1. The van der Waals surface area contributed by atoms with Crippen LogP contribution in [0, 0.1) is 5.92 Å². The Balaban J connectivity index is 1.49. The monoisotopic (exact) mass is 742 g/mol. The van der Waals surface area contributed by atoms with Crippen LogP contribution in [0.5, 0.6) is 0 Å². The first kappa shape index (κ1) is 43.2. The van der Waals surface area contributed by atoms with Gasteiger partial charge in [-0.25, -0.2) is 0 Å². The Kier molecular flexibility index (Phi) is 19.2. The number of hydrogen-bond donors (Lipinski definition) is 3. The number of aliphatic hydroxyl groups is 1. The van der Waals surface area contributed by atoms with Gasteiger partial charge in [-0.2, -0.15) is 0 Å². The minimum Gasteiger partial charge on any atom is -0.481 e. The number of carboxylic acid groups (broad SMARTS) is 1. The molecule has 54 heavy (non-hydrogen) atoms. The van der Waals surface area contributed by atoms with Gasteiger partial charge in [0.2, 0.25) is 5.91 Å². The molecule has 1 aliphatic heterocycles. The summed E-state index contributed by atoms with van der Waals surface area (Å²) in [7, 11) is 0. The molecule has 8 heteroatoms. The molecule has 8 nitrogen and oxygen atoms in total. The Morgan fingerprint density at radius 1 is 0.704 bits per heavy atom. The SMILES string of the molecule is CCCCCCCCN(CCCCCCCC)CC1OC(c2ccc(-c3cccc(CNC(=O)CCC(=O)O)c3)cc2)OC(c2ccc(CO)cc2)C1C. The van der Waals surface area contributed by atoms with Crippen molar-refractivity contribution in [3.63, 3.8) is 0 Å². The number of nitrogens with zero attached hydrogens (tertiary/aromatic N) is 1. The van der Waals surface area contributed by atoms with Crippen LogP contribution < -0.4 is 5.32 Å². The number of carboxylic acids is 1. The third-order valence-corrected chi connectivity index (χ3v) is 10.7. The molecule has 3 aromatic carbocycles. The van der Waals surface area contributed by atoms with Gasteiger partial charge in [-0.05, 0) is 59.8 Å². The highest BCUT2D eigenvalue weighted by Gasteiger charge is 2.39. The van der Waals surface area contributed by atoms with E-state index in [1.807, 2.05) is 36.4 Å². The normalized spacial score (nSPS) is 18.5. The number of nitrogens with one attached hydrogen (secondary N) is 1. The molecule has 0 aromatic heterocycles. The zero-order chi connectivity index (χ0) is 38.5. The van der Waals surface area contributed by atoms with Gasteiger partial charge in [-0.15, -0.1) is 0 Å². The lowest BCUT2D eigenvalue weighted by atomic mass is 9.89.